The van der Waals surface area contributed by atoms with E-state index in [2.05, 4.69) is 17.2 Å². The Hall–Kier alpha value is -2.97. The third-order valence-corrected chi connectivity index (χ3v) is 6.57. The van der Waals surface area contributed by atoms with Gasteiger partial charge in [-0.3, -0.25) is 14.6 Å². The smallest absolute Gasteiger partial charge is 0.264 e. The van der Waals surface area contributed by atoms with E-state index in [0.29, 0.717) is 22.9 Å². The van der Waals surface area contributed by atoms with Gasteiger partial charge in [-0.1, -0.05) is 25.5 Å². The fourth-order valence-electron chi connectivity index (χ4n) is 3.49. The van der Waals surface area contributed by atoms with Gasteiger partial charge in [0.05, 0.1) is 15.1 Å². The van der Waals surface area contributed by atoms with Gasteiger partial charge in [-0.15, -0.1) is 11.3 Å². The largest absolute Gasteiger partial charge is 0.456 e. The van der Waals surface area contributed by atoms with E-state index < -0.39 is 6.10 Å². The summed E-state index contributed by atoms with van der Waals surface area (Å²) in [5, 5.41) is 2.90. The number of ether oxygens (including phenoxy) is 2. The molecule has 1 unspecified atom stereocenters. The van der Waals surface area contributed by atoms with Gasteiger partial charge in [-0.25, -0.2) is 0 Å². The molecule has 32 heavy (non-hydrogen) atoms. The van der Waals surface area contributed by atoms with Crippen molar-refractivity contribution >= 4 is 33.4 Å². The molecule has 1 aromatic carbocycles. The highest BCUT2D eigenvalue weighted by atomic mass is 32.1. The molecule has 3 heterocycles. The maximum atomic E-state index is 12.6. The lowest BCUT2D eigenvalue weighted by atomic mass is 10.1. The minimum Gasteiger partial charge on any atom is -0.456 e. The van der Waals surface area contributed by atoms with Crippen LogP contribution in [0, 0.1) is 0 Å². The Balaban J connectivity index is 1.48. The van der Waals surface area contributed by atoms with E-state index in [0.717, 1.165) is 48.1 Å². The first kappa shape index (κ1) is 22.2. The van der Waals surface area contributed by atoms with Gasteiger partial charge in [-0.2, -0.15) is 0 Å². The highest BCUT2D eigenvalue weighted by Crippen LogP contribution is 2.36. The number of nitrogens with zero attached hydrogens (tertiary/aromatic N) is 2. The van der Waals surface area contributed by atoms with Crippen molar-refractivity contribution in [1.82, 2.24) is 15.2 Å². The molecule has 1 saturated heterocycles. The van der Waals surface area contributed by atoms with Gasteiger partial charge >= 0.3 is 0 Å². The Morgan fingerprint density at radius 2 is 2.00 bits per heavy atom. The van der Waals surface area contributed by atoms with Crippen molar-refractivity contribution in [3.8, 4) is 11.5 Å². The van der Waals surface area contributed by atoms with E-state index in [1.54, 1.807) is 12.3 Å². The van der Waals surface area contributed by atoms with Crippen molar-refractivity contribution in [2.45, 2.75) is 32.3 Å². The first-order valence-corrected chi connectivity index (χ1v) is 11.7. The normalized spacial score (nSPS) is 14.1. The molecule has 1 fully saturated rings. The van der Waals surface area contributed by atoms with Crippen molar-refractivity contribution < 1.29 is 19.1 Å². The van der Waals surface area contributed by atoms with Gasteiger partial charge in [0.2, 0.25) is 0 Å². The molecule has 2 aromatic heterocycles. The number of nitrogens with one attached hydrogen (secondary N) is 1. The summed E-state index contributed by atoms with van der Waals surface area (Å²) in [6.45, 7) is 4.35. The van der Waals surface area contributed by atoms with Gasteiger partial charge in [0.1, 0.15) is 11.5 Å². The van der Waals surface area contributed by atoms with Gasteiger partial charge in [0.15, 0.2) is 6.10 Å². The Morgan fingerprint density at radius 1 is 1.22 bits per heavy atom. The zero-order chi connectivity index (χ0) is 22.5. The third-order valence-electron chi connectivity index (χ3n) is 5.44. The lowest BCUT2D eigenvalue weighted by molar-refractivity contribution is -0.131. The highest BCUT2D eigenvalue weighted by molar-refractivity contribution is 7.21. The van der Waals surface area contributed by atoms with E-state index in [-0.39, 0.29) is 11.8 Å². The van der Waals surface area contributed by atoms with E-state index in [1.165, 1.54) is 18.4 Å². The van der Waals surface area contributed by atoms with Gasteiger partial charge < -0.3 is 19.7 Å². The van der Waals surface area contributed by atoms with E-state index in [4.69, 9.17) is 9.47 Å². The molecule has 0 radical (unpaired) electrons. The fraction of sp³-hybridized carbons (Fsp3) is 0.375. The molecule has 1 aliphatic heterocycles. The number of methoxy groups -OCH3 is 1. The molecular weight excluding hydrogens is 426 g/mol. The summed E-state index contributed by atoms with van der Waals surface area (Å²) in [5.41, 5.74) is 1.50. The van der Waals surface area contributed by atoms with Crippen LogP contribution in [0.25, 0.3) is 10.2 Å². The average molecular weight is 454 g/mol. The van der Waals surface area contributed by atoms with Gasteiger partial charge in [0, 0.05) is 39.0 Å². The van der Waals surface area contributed by atoms with Crippen molar-refractivity contribution in [2.24, 2.45) is 0 Å². The number of likely N-dealkylation sites (tertiary alicyclic amines) is 1. The van der Waals surface area contributed by atoms with Crippen molar-refractivity contribution in [1.29, 1.82) is 0 Å². The van der Waals surface area contributed by atoms with Crippen LogP contribution < -0.4 is 10.1 Å². The molecule has 0 spiro atoms. The fourth-order valence-corrected chi connectivity index (χ4v) is 4.52. The van der Waals surface area contributed by atoms with Crippen LogP contribution >= 0.6 is 11.3 Å². The highest BCUT2D eigenvalue weighted by Gasteiger charge is 2.24. The number of thiophene rings is 1. The summed E-state index contributed by atoms with van der Waals surface area (Å²) in [7, 11) is 1.53. The van der Waals surface area contributed by atoms with Crippen LogP contribution in [-0.4, -0.2) is 48.4 Å². The number of fused-ring (bicyclic) bond motifs is 1. The number of hydrogen-bond acceptors (Lipinski definition) is 6. The molecule has 0 saturated carbocycles. The lowest BCUT2D eigenvalue weighted by Gasteiger charge is -2.30. The maximum absolute atomic E-state index is 12.6. The van der Waals surface area contributed by atoms with Gasteiger partial charge in [0.25, 0.3) is 11.8 Å². The number of aromatic nitrogens is 1. The van der Waals surface area contributed by atoms with Crippen molar-refractivity contribution in [3.63, 3.8) is 0 Å². The molecular formula is C24H27N3O4S. The number of unbranched alkanes of at least 4 members (excludes halogenated alkanes) is 1. The molecule has 2 amide bonds. The first-order chi connectivity index (χ1) is 15.6. The van der Waals surface area contributed by atoms with Crippen LogP contribution in [0.4, 0.5) is 0 Å². The SMILES string of the molecule is CCCCNC(=O)C(OC)c1ccc(Oc2ccnc3cc(C(=O)N4CCC4)sc23)cc1. The number of amides is 2. The summed E-state index contributed by atoms with van der Waals surface area (Å²) < 4.78 is 12.3. The van der Waals surface area contributed by atoms with Gasteiger partial charge in [-0.05, 0) is 36.6 Å². The number of pyridine rings is 1. The summed E-state index contributed by atoms with van der Waals surface area (Å²) in [6, 6.07) is 10.9. The number of carbonyl (C=O) groups excluding carboxylic acids is 2. The first-order valence-electron chi connectivity index (χ1n) is 10.9. The summed E-state index contributed by atoms with van der Waals surface area (Å²) in [5.74, 6) is 1.18. The van der Waals surface area contributed by atoms with Crippen LogP contribution in [0.1, 0.15) is 47.5 Å². The van der Waals surface area contributed by atoms with E-state index in [1.807, 2.05) is 35.2 Å². The number of benzene rings is 1. The quantitative estimate of drug-likeness (QED) is 0.481. The summed E-state index contributed by atoms with van der Waals surface area (Å²) in [4.78, 5) is 31.9. The molecule has 4 rings (SSSR count). The van der Waals surface area contributed by atoms with Crippen LogP contribution in [0.15, 0.2) is 42.6 Å². The minimum atomic E-state index is -0.666. The third kappa shape index (κ3) is 4.76. The molecule has 1 N–H and O–H groups in total. The summed E-state index contributed by atoms with van der Waals surface area (Å²) >= 11 is 1.40. The standard InChI is InChI=1S/C24H27N3O4S/c1-3-4-11-26-23(28)21(30-2)16-6-8-17(9-7-16)31-19-10-12-25-18-15-20(32-22(18)19)24(29)27-13-5-14-27/h6-10,12,15,21H,3-5,11,13-14H2,1-2H3,(H,26,28). The second-order valence-electron chi connectivity index (χ2n) is 7.71. The Morgan fingerprint density at radius 3 is 2.66 bits per heavy atom. The number of carbonyl (C=O) groups is 2. The van der Waals surface area contributed by atoms with E-state index in [9.17, 15) is 9.59 Å². The maximum Gasteiger partial charge on any atom is 0.264 e. The predicted molar refractivity (Wildman–Crippen MR) is 124 cm³/mol. The molecule has 8 heteroatoms. The van der Waals surface area contributed by atoms with Crippen LogP contribution in [0.5, 0.6) is 11.5 Å². The Labute approximate surface area is 191 Å². The molecule has 0 aliphatic carbocycles. The van der Waals surface area contributed by atoms with Crippen LogP contribution in [-0.2, 0) is 9.53 Å². The summed E-state index contributed by atoms with van der Waals surface area (Å²) in [6.07, 6.45) is 4.02. The van der Waals surface area contributed by atoms with Crippen LogP contribution in [0.2, 0.25) is 0 Å². The predicted octanol–water partition coefficient (Wildman–Crippen LogP) is 4.54. The van der Waals surface area contributed by atoms with Crippen LogP contribution in [0.3, 0.4) is 0 Å². The minimum absolute atomic E-state index is 0.0531. The molecule has 0 bridgehead atoms. The molecule has 3 aromatic rings. The Bertz CT molecular complexity index is 1090. The zero-order valence-corrected chi connectivity index (χ0v) is 19.1. The second kappa shape index (κ2) is 10.1. The number of hydrogen-bond donors (Lipinski definition) is 1. The molecule has 1 aliphatic rings. The van der Waals surface area contributed by atoms with Crippen molar-refractivity contribution in [2.75, 3.05) is 26.7 Å². The second-order valence-corrected chi connectivity index (χ2v) is 8.76. The zero-order valence-electron chi connectivity index (χ0n) is 18.3. The van der Waals surface area contributed by atoms with E-state index >= 15 is 0 Å². The molecule has 1 atom stereocenters. The topological polar surface area (TPSA) is 80.8 Å². The molecule has 168 valence electrons. The Kier molecular flexibility index (Phi) is 7.02. The average Bonchev–Trinajstić information content (AvgIpc) is 3.20. The van der Waals surface area contributed by atoms with Crippen molar-refractivity contribution in [3.05, 3.63) is 53.0 Å². The monoisotopic (exact) mass is 453 g/mol. The lowest BCUT2D eigenvalue weighted by Crippen LogP contribution is -2.41. The number of rotatable bonds is 9. The molecule has 7 nitrogen and oxygen atoms in total.